The monoisotopic (exact) mass is 490 g/mol. The van der Waals surface area contributed by atoms with Crippen LogP contribution in [0.15, 0.2) is 83.8 Å². The molecule has 0 spiro atoms. The Morgan fingerprint density at radius 2 is 1.76 bits per heavy atom. The number of para-hydroxylation sites is 1. The summed E-state index contributed by atoms with van der Waals surface area (Å²) in [4.78, 5) is 30.7. The van der Waals surface area contributed by atoms with Gasteiger partial charge >= 0.3 is 0 Å². The number of carbonyl (C=O) groups excluding carboxylic acids is 1. The first kappa shape index (κ1) is 23.9. The van der Waals surface area contributed by atoms with E-state index in [1.807, 2.05) is 48.5 Å². The molecule has 182 valence electrons. The van der Waals surface area contributed by atoms with Crippen molar-refractivity contribution in [1.82, 2.24) is 14.3 Å². The number of hydrogen-bond donors (Lipinski definition) is 1. The topological polar surface area (TPSA) is 87.4 Å². The number of ether oxygens (including phenoxy) is 2. The number of nitrogens with zero attached hydrogens (tertiary/aromatic N) is 3. The molecule has 0 atom stereocenters. The Kier molecular flexibility index (Phi) is 6.27. The molecule has 0 bridgehead atoms. The lowest BCUT2D eigenvalue weighted by Crippen LogP contribution is -2.26. The average Bonchev–Trinajstić information content (AvgIpc) is 3.13. The van der Waals surface area contributed by atoms with Crippen LogP contribution in [0.1, 0.15) is 16.1 Å². The Morgan fingerprint density at radius 1 is 1.00 bits per heavy atom. The van der Waals surface area contributed by atoms with E-state index in [-0.39, 0.29) is 5.56 Å². The first-order chi connectivity index (χ1) is 17.9. The summed E-state index contributed by atoms with van der Waals surface area (Å²) in [5.74, 6) is 1.25. The third kappa shape index (κ3) is 4.47. The molecule has 0 saturated heterocycles. The Balaban J connectivity index is 1.40. The second-order valence-electron chi connectivity index (χ2n) is 8.43. The quantitative estimate of drug-likeness (QED) is 0.365. The third-order valence-electron chi connectivity index (χ3n) is 6.19. The van der Waals surface area contributed by atoms with Crippen molar-refractivity contribution >= 4 is 35.8 Å². The van der Waals surface area contributed by atoms with Gasteiger partial charge in [-0.3, -0.25) is 19.3 Å². The lowest BCUT2D eigenvalue weighted by Gasteiger charge is -2.13. The summed E-state index contributed by atoms with van der Waals surface area (Å²) < 4.78 is 14.4. The minimum absolute atomic E-state index is 0.0461. The number of pyridine rings is 1. The fraction of sp³-hybridized carbons (Fsp3) is 0.107. The van der Waals surface area contributed by atoms with Crippen molar-refractivity contribution in [3.8, 4) is 22.9 Å². The molecular formula is C28H23BN4O4. The van der Waals surface area contributed by atoms with Crippen molar-refractivity contribution < 1.29 is 14.3 Å². The van der Waals surface area contributed by atoms with E-state index in [4.69, 9.17) is 17.3 Å². The average molecular weight is 490 g/mol. The summed E-state index contributed by atoms with van der Waals surface area (Å²) >= 11 is 0. The minimum atomic E-state index is -0.540. The van der Waals surface area contributed by atoms with Gasteiger partial charge in [-0.25, -0.2) is 4.68 Å². The van der Waals surface area contributed by atoms with Gasteiger partial charge in [-0.05, 0) is 55.5 Å². The highest BCUT2D eigenvalue weighted by atomic mass is 16.5. The molecule has 2 heterocycles. The number of fused-ring (bicyclic) bond motifs is 1. The highest BCUT2D eigenvalue weighted by molar-refractivity contribution is 6.36. The molecule has 3 aromatic carbocycles. The molecule has 9 heteroatoms. The molecule has 0 aliphatic carbocycles. The molecule has 0 saturated carbocycles. The number of aromatic nitrogens is 3. The molecule has 0 aliphatic heterocycles. The van der Waals surface area contributed by atoms with Gasteiger partial charge in [0.1, 0.15) is 30.7 Å². The second-order valence-corrected chi connectivity index (χ2v) is 8.43. The van der Waals surface area contributed by atoms with Crippen molar-refractivity contribution in [2.24, 2.45) is 7.05 Å². The Labute approximate surface area is 214 Å². The number of methoxy groups -OCH3 is 1. The summed E-state index contributed by atoms with van der Waals surface area (Å²) in [6.07, 6.45) is 1.65. The molecule has 2 radical (unpaired) electrons. The predicted molar refractivity (Wildman–Crippen MR) is 144 cm³/mol. The normalized spacial score (nSPS) is 10.9. The van der Waals surface area contributed by atoms with E-state index in [2.05, 4.69) is 10.3 Å². The van der Waals surface area contributed by atoms with E-state index in [1.165, 1.54) is 4.68 Å². The number of rotatable bonds is 6. The van der Waals surface area contributed by atoms with Crippen molar-refractivity contribution in [2.45, 2.75) is 6.92 Å². The van der Waals surface area contributed by atoms with Crippen LogP contribution in [0.3, 0.4) is 0 Å². The van der Waals surface area contributed by atoms with E-state index in [1.54, 1.807) is 56.2 Å². The zero-order chi connectivity index (χ0) is 26.1. The standard InChI is InChI=1S/C28H23BN4O4/c1-17-26(28(35)33(32(17)2)18-7-5-4-6-8-18)27(34)31-23-12-10-20(15-22(23)29)37-25-13-14-30-24-16-19(36-3)9-11-21(24)25/h4-16H,1-3H3,(H,31,34). The lowest BCUT2D eigenvalue weighted by atomic mass is 9.93. The van der Waals surface area contributed by atoms with Gasteiger partial charge in [0.05, 0.1) is 24.0 Å². The van der Waals surface area contributed by atoms with Gasteiger partial charge in [0.25, 0.3) is 11.5 Å². The van der Waals surface area contributed by atoms with Crippen LogP contribution in [-0.2, 0) is 7.05 Å². The largest absolute Gasteiger partial charge is 0.497 e. The molecule has 0 aliphatic rings. The minimum Gasteiger partial charge on any atom is -0.497 e. The van der Waals surface area contributed by atoms with Crippen molar-refractivity contribution in [3.05, 3.63) is 101 Å². The zero-order valence-corrected chi connectivity index (χ0v) is 20.6. The number of carbonyl (C=O) groups is 1. The van der Waals surface area contributed by atoms with E-state index < -0.39 is 11.5 Å². The van der Waals surface area contributed by atoms with Crippen molar-refractivity contribution in [3.63, 3.8) is 0 Å². The Morgan fingerprint density at radius 3 is 2.49 bits per heavy atom. The maximum Gasteiger partial charge on any atom is 0.284 e. The highest BCUT2D eigenvalue weighted by Crippen LogP contribution is 2.31. The lowest BCUT2D eigenvalue weighted by molar-refractivity contribution is 0.102. The van der Waals surface area contributed by atoms with E-state index >= 15 is 0 Å². The molecule has 5 aromatic rings. The zero-order valence-electron chi connectivity index (χ0n) is 20.6. The molecule has 8 nitrogen and oxygen atoms in total. The molecule has 0 unspecified atom stereocenters. The van der Waals surface area contributed by atoms with Gasteiger partial charge in [0, 0.05) is 30.4 Å². The molecule has 2 aromatic heterocycles. The van der Waals surface area contributed by atoms with Crippen molar-refractivity contribution in [2.75, 3.05) is 12.4 Å². The van der Waals surface area contributed by atoms with Gasteiger partial charge in [-0.15, -0.1) is 0 Å². The Hall–Kier alpha value is -4.79. The SMILES string of the molecule is [B]c1cc(Oc2ccnc3cc(OC)ccc23)ccc1NC(=O)c1c(C)n(C)n(-c2ccccc2)c1=O. The molecule has 5 rings (SSSR count). The van der Waals surface area contributed by atoms with Crippen LogP contribution in [0, 0.1) is 6.92 Å². The predicted octanol–water partition coefficient (Wildman–Crippen LogP) is 3.88. The van der Waals surface area contributed by atoms with E-state index in [0.717, 1.165) is 10.9 Å². The van der Waals surface area contributed by atoms with Gasteiger partial charge in [-0.1, -0.05) is 23.7 Å². The van der Waals surface area contributed by atoms with Crippen LogP contribution in [0.4, 0.5) is 5.69 Å². The number of benzene rings is 3. The van der Waals surface area contributed by atoms with Gasteiger partial charge in [-0.2, -0.15) is 0 Å². The van der Waals surface area contributed by atoms with E-state index in [0.29, 0.717) is 39.8 Å². The number of amides is 1. The fourth-order valence-corrected chi connectivity index (χ4v) is 4.18. The molecule has 1 N–H and O–H groups in total. The van der Waals surface area contributed by atoms with Crippen LogP contribution in [0.5, 0.6) is 17.2 Å². The highest BCUT2D eigenvalue weighted by Gasteiger charge is 2.22. The first-order valence-electron chi connectivity index (χ1n) is 11.5. The fourth-order valence-electron chi connectivity index (χ4n) is 4.18. The van der Waals surface area contributed by atoms with Crippen LogP contribution < -0.4 is 25.8 Å². The Bertz CT molecular complexity index is 1690. The number of anilines is 1. The summed E-state index contributed by atoms with van der Waals surface area (Å²) in [6.45, 7) is 1.73. The third-order valence-corrected chi connectivity index (χ3v) is 6.19. The van der Waals surface area contributed by atoms with Crippen LogP contribution in [0.25, 0.3) is 16.6 Å². The van der Waals surface area contributed by atoms with Gasteiger partial charge in [0.2, 0.25) is 0 Å². The molecule has 1 amide bonds. The number of nitrogens with one attached hydrogen (secondary N) is 1. The summed E-state index contributed by atoms with van der Waals surface area (Å²) in [7, 11) is 9.58. The maximum atomic E-state index is 13.1. The summed E-state index contributed by atoms with van der Waals surface area (Å²) in [6, 6.07) is 21.4. The molecular weight excluding hydrogens is 467 g/mol. The molecule has 37 heavy (non-hydrogen) atoms. The number of hydrogen-bond acceptors (Lipinski definition) is 5. The van der Waals surface area contributed by atoms with Crippen LogP contribution >= 0.6 is 0 Å². The first-order valence-corrected chi connectivity index (χ1v) is 11.5. The smallest absolute Gasteiger partial charge is 0.284 e. The summed E-state index contributed by atoms with van der Waals surface area (Å²) in [5.41, 5.74) is 2.23. The summed E-state index contributed by atoms with van der Waals surface area (Å²) in [5, 5.41) is 3.58. The maximum absolute atomic E-state index is 13.1. The second kappa shape index (κ2) is 9.70. The van der Waals surface area contributed by atoms with Crippen LogP contribution in [-0.4, -0.2) is 35.2 Å². The van der Waals surface area contributed by atoms with E-state index in [9.17, 15) is 9.59 Å². The van der Waals surface area contributed by atoms with Crippen LogP contribution in [0.2, 0.25) is 0 Å². The molecule has 0 fully saturated rings. The van der Waals surface area contributed by atoms with Gasteiger partial charge < -0.3 is 14.8 Å². The van der Waals surface area contributed by atoms with Crippen molar-refractivity contribution in [1.29, 1.82) is 0 Å². The van der Waals surface area contributed by atoms with Gasteiger partial charge in [0.15, 0.2) is 0 Å².